The average Bonchev–Trinajstić information content (AvgIpc) is 1.99. The van der Waals surface area contributed by atoms with Crippen molar-refractivity contribution in [1.29, 1.82) is 0 Å². The highest BCUT2D eigenvalue weighted by molar-refractivity contribution is 14.1. The number of hydrogen-bond donors (Lipinski definition) is 0. The van der Waals surface area contributed by atoms with E-state index in [0.29, 0.717) is 0 Å². The van der Waals surface area contributed by atoms with Gasteiger partial charge in [0.2, 0.25) is 0 Å². The summed E-state index contributed by atoms with van der Waals surface area (Å²) in [6.45, 7) is 0. The van der Waals surface area contributed by atoms with E-state index in [9.17, 15) is 13.2 Å². The summed E-state index contributed by atoms with van der Waals surface area (Å²) in [5.41, 5.74) is -0.0342. The van der Waals surface area contributed by atoms with Crippen molar-refractivity contribution in [2.24, 2.45) is 0 Å². The fourth-order valence-electron chi connectivity index (χ4n) is 0.899. The molecular formula is C8H3BrCl2F3I. The first-order chi connectivity index (χ1) is 6.64. The van der Waals surface area contributed by atoms with Crippen molar-refractivity contribution >= 4 is 61.7 Å². The molecule has 0 aliphatic carbocycles. The Hall–Kier alpha value is 0.800. The number of halogens is 7. The van der Waals surface area contributed by atoms with E-state index >= 15 is 0 Å². The highest BCUT2D eigenvalue weighted by Crippen LogP contribution is 2.52. The van der Waals surface area contributed by atoms with Crippen LogP contribution in [0.4, 0.5) is 13.2 Å². The molecule has 0 aromatic heterocycles. The van der Waals surface area contributed by atoms with Crippen molar-refractivity contribution in [2.45, 2.75) is 8.51 Å². The van der Waals surface area contributed by atoms with E-state index < -0.39 is 8.51 Å². The Morgan fingerprint density at radius 3 is 1.80 bits per heavy atom. The van der Waals surface area contributed by atoms with Gasteiger partial charge in [-0.15, -0.1) is 0 Å². The minimum Gasteiger partial charge on any atom is -0.168 e. The molecule has 0 aliphatic heterocycles. The largest absolute Gasteiger partial charge is 0.416 e. The van der Waals surface area contributed by atoms with E-state index in [0.717, 1.165) is 0 Å². The first-order valence-electron chi connectivity index (χ1n) is 3.55. The van der Waals surface area contributed by atoms with Crippen LogP contribution in [0.3, 0.4) is 0 Å². The zero-order valence-electron chi connectivity index (χ0n) is 6.88. The summed E-state index contributed by atoms with van der Waals surface area (Å²) >= 11 is 15.1. The highest BCUT2D eigenvalue weighted by Gasteiger charge is 2.52. The van der Waals surface area contributed by atoms with Crippen molar-refractivity contribution in [2.75, 3.05) is 0 Å². The van der Waals surface area contributed by atoms with Gasteiger partial charge in [-0.2, -0.15) is 13.2 Å². The molecule has 1 rings (SSSR count). The lowest BCUT2D eigenvalue weighted by atomic mass is 10.1. The molecule has 15 heavy (non-hydrogen) atoms. The van der Waals surface area contributed by atoms with Gasteiger partial charge in [0.15, 0.2) is 2.33 Å². The van der Waals surface area contributed by atoms with Crippen LogP contribution in [-0.4, -0.2) is 6.18 Å². The second-order valence-corrected chi connectivity index (χ2v) is 7.89. The van der Waals surface area contributed by atoms with Gasteiger partial charge in [-0.05, 0) is 23.8 Å². The molecule has 0 radical (unpaired) electrons. The van der Waals surface area contributed by atoms with E-state index in [4.69, 9.17) is 23.2 Å². The number of rotatable bonds is 1. The summed E-state index contributed by atoms with van der Waals surface area (Å²) in [5.74, 6) is 0. The van der Waals surface area contributed by atoms with Gasteiger partial charge >= 0.3 is 6.18 Å². The lowest BCUT2D eigenvalue weighted by Crippen LogP contribution is -2.30. The molecule has 0 amide bonds. The van der Waals surface area contributed by atoms with Crippen LogP contribution in [0.15, 0.2) is 18.2 Å². The zero-order chi connectivity index (χ0) is 11.9. The quantitative estimate of drug-likeness (QED) is 0.403. The third kappa shape index (κ3) is 3.14. The molecular weight excluding hydrogens is 431 g/mol. The molecule has 0 aliphatic rings. The molecule has 84 valence electrons. The molecule has 7 heteroatoms. The molecule has 1 aromatic carbocycles. The fourth-order valence-corrected chi connectivity index (χ4v) is 1.97. The van der Waals surface area contributed by atoms with Gasteiger partial charge in [0.05, 0.1) is 0 Å². The van der Waals surface area contributed by atoms with Gasteiger partial charge in [0.25, 0.3) is 0 Å². The van der Waals surface area contributed by atoms with Crippen LogP contribution in [0.2, 0.25) is 10.0 Å². The van der Waals surface area contributed by atoms with E-state index in [1.807, 2.05) is 0 Å². The minimum atomic E-state index is -4.43. The normalized spacial score (nSPS) is 16.2. The van der Waals surface area contributed by atoms with Gasteiger partial charge < -0.3 is 0 Å². The maximum Gasteiger partial charge on any atom is 0.416 e. The first-order valence-corrected chi connectivity index (χ1v) is 6.18. The molecule has 1 aromatic rings. The van der Waals surface area contributed by atoms with Crippen molar-refractivity contribution in [3.05, 3.63) is 33.8 Å². The molecule has 1 unspecified atom stereocenters. The summed E-state index contributed by atoms with van der Waals surface area (Å²) in [6, 6.07) is 3.83. The van der Waals surface area contributed by atoms with Crippen LogP contribution >= 0.6 is 61.7 Å². The van der Waals surface area contributed by atoms with Crippen LogP contribution in [-0.2, 0) is 2.33 Å². The second-order valence-electron chi connectivity index (χ2n) is 2.73. The maximum atomic E-state index is 12.6. The Labute approximate surface area is 116 Å². The maximum absolute atomic E-state index is 12.6. The first kappa shape index (κ1) is 13.9. The van der Waals surface area contributed by atoms with Gasteiger partial charge in [-0.1, -0.05) is 61.7 Å². The number of alkyl halides is 5. The third-order valence-corrected chi connectivity index (χ3v) is 4.16. The van der Waals surface area contributed by atoms with Gasteiger partial charge in [0, 0.05) is 10.0 Å². The number of benzene rings is 1. The molecule has 0 N–H and O–H groups in total. The topological polar surface area (TPSA) is 0 Å². The second kappa shape index (κ2) is 4.58. The Morgan fingerprint density at radius 2 is 1.47 bits per heavy atom. The van der Waals surface area contributed by atoms with E-state index in [-0.39, 0.29) is 15.6 Å². The van der Waals surface area contributed by atoms with Crippen molar-refractivity contribution in [3.8, 4) is 0 Å². The molecule has 0 saturated heterocycles. The van der Waals surface area contributed by atoms with Crippen molar-refractivity contribution in [3.63, 3.8) is 0 Å². The average molecular weight is 434 g/mol. The molecule has 0 spiro atoms. The Bertz CT molecular complexity index is 358. The molecule has 1 atom stereocenters. The van der Waals surface area contributed by atoms with Crippen LogP contribution in [0.1, 0.15) is 5.56 Å². The fraction of sp³-hybridized carbons (Fsp3) is 0.250. The van der Waals surface area contributed by atoms with E-state index in [2.05, 4.69) is 15.9 Å². The van der Waals surface area contributed by atoms with Gasteiger partial charge in [-0.3, -0.25) is 0 Å². The molecule has 0 saturated carbocycles. The van der Waals surface area contributed by atoms with Crippen molar-refractivity contribution < 1.29 is 13.2 Å². The van der Waals surface area contributed by atoms with E-state index in [1.165, 1.54) is 40.8 Å². The summed E-state index contributed by atoms with van der Waals surface area (Å²) in [7, 11) is 0. The van der Waals surface area contributed by atoms with Crippen LogP contribution < -0.4 is 0 Å². The summed E-state index contributed by atoms with van der Waals surface area (Å²) in [6.07, 6.45) is -4.43. The summed E-state index contributed by atoms with van der Waals surface area (Å²) < 4.78 is 35.8. The molecule has 0 nitrogen and oxygen atoms in total. The van der Waals surface area contributed by atoms with Gasteiger partial charge in [0.1, 0.15) is 0 Å². The lowest BCUT2D eigenvalue weighted by molar-refractivity contribution is -0.133. The summed E-state index contributed by atoms with van der Waals surface area (Å²) in [5, 5.41) is 0.337. The zero-order valence-corrected chi connectivity index (χ0v) is 12.1. The predicted octanol–water partition coefficient (Wildman–Crippen LogP) is 5.54. The Kier molecular flexibility index (Phi) is 4.24. The monoisotopic (exact) mass is 432 g/mol. The standard InChI is InChI=1S/C8H3BrCl2F3I/c9-7(15,8(12,13)14)4-1-5(10)3-6(11)2-4/h1-3H. The Morgan fingerprint density at radius 1 is 1.07 bits per heavy atom. The van der Waals surface area contributed by atoms with Crippen molar-refractivity contribution in [1.82, 2.24) is 0 Å². The van der Waals surface area contributed by atoms with Crippen LogP contribution in [0, 0.1) is 0 Å². The van der Waals surface area contributed by atoms with E-state index in [1.54, 1.807) is 0 Å². The van der Waals surface area contributed by atoms with Gasteiger partial charge in [-0.25, -0.2) is 0 Å². The van der Waals surface area contributed by atoms with Crippen LogP contribution in [0.5, 0.6) is 0 Å². The molecule has 0 fully saturated rings. The Balaban J connectivity index is 3.27. The van der Waals surface area contributed by atoms with Crippen LogP contribution in [0.25, 0.3) is 0 Å². The molecule has 0 heterocycles. The third-order valence-electron chi connectivity index (χ3n) is 1.58. The molecule has 0 bridgehead atoms. The minimum absolute atomic E-state index is 0.0342. The smallest absolute Gasteiger partial charge is 0.168 e. The summed E-state index contributed by atoms with van der Waals surface area (Å²) in [4.78, 5) is 0. The predicted molar refractivity (Wildman–Crippen MR) is 67.1 cm³/mol. The number of hydrogen-bond acceptors (Lipinski definition) is 0. The lowest BCUT2D eigenvalue weighted by Gasteiger charge is -2.24. The highest BCUT2D eigenvalue weighted by atomic mass is 127. The SMILES string of the molecule is FC(F)(F)C(Br)(I)c1cc(Cl)cc(Cl)c1.